The third-order valence-corrected chi connectivity index (χ3v) is 5.99. The average Bonchev–Trinajstić information content (AvgIpc) is 3.38. The van der Waals surface area contributed by atoms with E-state index in [1.54, 1.807) is 6.92 Å². The minimum atomic E-state index is -0.101. The summed E-state index contributed by atoms with van der Waals surface area (Å²) in [7, 11) is 0. The summed E-state index contributed by atoms with van der Waals surface area (Å²) in [6, 6.07) is -0.0147. The highest BCUT2D eigenvalue weighted by Gasteiger charge is 2.40. The number of nitrogens with zero attached hydrogens (tertiary/aromatic N) is 4. The van der Waals surface area contributed by atoms with Crippen molar-refractivity contribution in [3.63, 3.8) is 0 Å². The number of likely N-dealkylation sites (tertiary alicyclic amines) is 1. The maximum Gasteiger partial charge on any atom is 0.254 e. The zero-order chi connectivity index (χ0) is 20.0. The Morgan fingerprint density at radius 3 is 2.32 bits per heavy atom. The summed E-state index contributed by atoms with van der Waals surface area (Å²) < 4.78 is 0. The van der Waals surface area contributed by atoms with Gasteiger partial charge in [0, 0.05) is 47.1 Å². The molecule has 4 rings (SSSR count). The molecule has 1 aliphatic heterocycles. The van der Waals surface area contributed by atoms with Crippen LogP contribution in [-0.4, -0.2) is 37.3 Å². The first-order valence-electron chi connectivity index (χ1n) is 10.1. The molecule has 1 amide bonds. The van der Waals surface area contributed by atoms with Gasteiger partial charge in [-0.2, -0.15) is 0 Å². The number of rotatable bonds is 4. The molecule has 3 heterocycles. The fraction of sp³-hybridized carbons (Fsp3) is 0.571. The summed E-state index contributed by atoms with van der Waals surface area (Å²) >= 11 is 0. The zero-order valence-corrected chi connectivity index (χ0v) is 17.0. The van der Waals surface area contributed by atoms with Gasteiger partial charge in [0.1, 0.15) is 5.82 Å². The maximum absolute atomic E-state index is 12.6. The average molecular weight is 381 g/mol. The molecule has 0 unspecified atom stereocenters. The van der Waals surface area contributed by atoms with Crippen molar-refractivity contribution in [1.29, 1.82) is 0 Å². The van der Waals surface area contributed by atoms with E-state index in [4.69, 9.17) is 9.97 Å². The molecule has 7 heteroatoms. The second kappa shape index (κ2) is 7.11. The Morgan fingerprint density at radius 2 is 1.71 bits per heavy atom. The molecule has 2 aromatic heterocycles. The maximum atomic E-state index is 12.6. The van der Waals surface area contributed by atoms with Gasteiger partial charge in [0.15, 0.2) is 5.82 Å². The number of aromatic nitrogens is 4. The molecular weight excluding hydrogens is 354 g/mol. The van der Waals surface area contributed by atoms with Crippen molar-refractivity contribution in [3.8, 4) is 0 Å². The van der Waals surface area contributed by atoms with Crippen LogP contribution in [0.25, 0.3) is 0 Å². The van der Waals surface area contributed by atoms with E-state index in [0.717, 1.165) is 60.7 Å². The van der Waals surface area contributed by atoms with Crippen LogP contribution in [0.4, 0.5) is 0 Å². The highest BCUT2D eigenvalue weighted by atomic mass is 16.2. The highest BCUT2D eigenvalue weighted by molar-refractivity contribution is 5.81. The molecular formula is C21H27N5O2. The van der Waals surface area contributed by atoms with Crippen molar-refractivity contribution in [2.75, 3.05) is 6.54 Å². The van der Waals surface area contributed by atoms with E-state index in [9.17, 15) is 9.59 Å². The molecule has 7 nitrogen and oxygen atoms in total. The molecule has 28 heavy (non-hydrogen) atoms. The number of amides is 1. The van der Waals surface area contributed by atoms with Crippen LogP contribution in [0, 0.1) is 33.6 Å². The highest BCUT2D eigenvalue weighted by Crippen LogP contribution is 2.38. The number of nitrogens with one attached hydrogen (secondary N) is 1. The predicted octanol–water partition coefficient (Wildman–Crippen LogP) is 2.46. The van der Waals surface area contributed by atoms with Gasteiger partial charge in [-0.1, -0.05) is 0 Å². The van der Waals surface area contributed by atoms with Crippen molar-refractivity contribution in [2.45, 2.75) is 65.8 Å². The zero-order valence-electron chi connectivity index (χ0n) is 17.0. The fourth-order valence-electron chi connectivity index (χ4n) is 3.99. The predicted molar refractivity (Wildman–Crippen MR) is 105 cm³/mol. The van der Waals surface area contributed by atoms with Crippen LogP contribution in [0.3, 0.4) is 0 Å². The standard InChI is InChI=1S/C21H27N5O2/c1-11-12(2)22-18(25-20(11)27)10-16-13(3)23-19(24-14(16)4)17-6-5-9-26(17)21(28)15-7-8-15/h15,17H,5-10H2,1-4H3,(H,22,25,27)/t17-/m0/s1. The molecule has 2 aromatic rings. The van der Waals surface area contributed by atoms with Crippen molar-refractivity contribution in [3.05, 3.63) is 50.2 Å². The molecule has 1 aliphatic carbocycles. The van der Waals surface area contributed by atoms with Crippen molar-refractivity contribution in [2.24, 2.45) is 5.92 Å². The summed E-state index contributed by atoms with van der Waals surface area (Å²) in [6.45, 7) is 8.36. The monoisotopic (exact) mass is 381 g/mol. The molecule has 148 valence electrons. The lowest BCUT2D eigenvalue weighted by Crippen LogP contribution is -2.33. The van der Waals surface area contributed by atoms with Gasteiger partial charge in [0.05, 0.1) is 6.04 Å². The first-order valence-corrected chi connectivity index (χ1v) is 10.1. The van der Waals surface area contributed by atoms with Crippen molar-refractivity contribution < 1.29 is 4.79 Å². The second-order valence-corrected chi connectivity index (χ2v) is 8.09. The second-order valence-electron chi connectivity index (χ2n) is 8.09. The van der Waals surface area contributed by atoms with Gasteiger partial charge in [-0.15, -0.1) is 0 Å². The fourth-order valence-corrected chi connectivity index (χ4v) is 3.99. The van der Waals surface area contributed by atoms with Crippen LogP contribution in [0.1, 0.15) is 71.6 Å². The summed E-state index contributed by atoms with van der Waals surface area (Å²) in [6.07, 6.45) is 4.44. The molecule has 1 atom stereocenters. The lowest BCUT2D eigenvalue weighted by molar-refractivity contribution is -0.133. The van der Waals surface area contributed by atoms with Crippen LogP contribution in [0.15, 0.2) is 4.79 Å². The number of carbonyl (C=O) groups is 1. The molecule has 0 radical (unpaired) electrons. The topological polar surface area (TPSA) is 91.8 Å². The Balaban J connectivity index is 1.62. The quantitative estimate of drug-likeness (QED) is 0.878. The molecule has 2 fully saturated rings. The van der Waals surface area contributed by atoms with Gasteiger partial charge in [-0.05, 0) is 53.4 Å². The molecule has 0 aromatic carbocycles. The van der Waals surface area contributed by atoms with Crippen LogP contribution >= 0.6 is 0 Å². The largest absolute Gasteiger partial charge is 0.332 e. The Morgan fingerprint density at radius 1 is 1.04 bits per heavy atom. The summed E-state index contributed by atoms with van der Waals surface area (Å²) in [5, 5.41) is 0. The molecule has 0 spiro atoms. The van der Waals surface area contributed by atoms with Crippen LogP contribution < -0.4 is 5.56 Å². The lowest BCUT2D eigenvalue weighted by atomic mass is 10.1. The summed E-state index contributed by atoms with van der Waals surface area (Å²) in [5.41, 5.74) is 4.03. The number of aromatic amines is 1. The van der Waals surface area contributed by atoms with Crippen molar-refractivity contribution >= 4 is 5.91 Å². The van der Waals surface area contributed by atoms with Gasteiger partial charge >= 0.3 is 0 Å². The first-order chi connectivity index (χ1) is 13.3. The molecule has 0 bridgehead atoms. The van der Waals surface area contributed by atoms with Gasteiger partial charge in [0.2, 0.25) is 5.91 Å². The summed E-state index contributed by atoms with van der Waals surface area (Å²) in [5.74, 6) is 1.85. The Hall–Kier alpha value is -2.57. The van der Waals surface area contributed by atoms with E-state index in [1.807, 2.05) is 25.7 Å². The Bertz CT molecular complexity index is 970. The van der Waals surface area contributed by atoms with Gasteiger partial charge in [0.25, 0.3) is 5.56 Å². The van der Waals surface area contributed by atoms with Gasteiger partial charge in [-0.3, -0.25) is 9.59 Å². The smallest absolute Gasteiger partial charge is 0.254 e. The van der Waals surface area contributed by atoms with Crippen LogP contribution in [0.5, 0.6) is 0 Å². The van der Waals surface area contributed by atoms with Gasteiger partial charge < -0.3 is 9.88 Å². The summed E-state index contributed by atoms with van der Waals surface area (Å²) in [4.78, 5) is 43.5. The van der Waals surface area contributed by atoms with E-state index < -0.39 is 0 Å². The third-order valence-electron chi connectivity index (χ3n) is 5.99. The SMILES string of the molecule is Cc1nc([C@@H]2CCCN2C(=O)C2CC2)nc(C)c1Cc1nc(C)c(C)c(=O)[nH]1. The number of H-pyrrole nitrogens is 1. The molecule has 2 aliphatic rings. The lowest BCUT2D eigenvalue weighted by Gasteiger charge is -2.24. The van der Waals surface area contributed by atoms with Gasteiger partial charge in [-0.25, -0.2) is 15.0 Å². The third kappa shape index (κ3) is 3.45. The number of hydrogen-bond acceptors (Lipinski definition) is 5. The van der Waals surface area contributed by atoms with Crippen LogP contribution in [0.2, 0.25) is 0 Å². The van der Waals surface area contributed by atoms with E-state index in [1.165, 1.54) is 0 Å². The minimum Gasteiger partial charge on any atom is -0.332 e. The molecule has 1 saturated heterocycles. The van der Waals surface area contributed by atoms with E-state index in [-0.39, 0.29) is 23.4 Å². The number of hydrogen-bond donors (Lipinski definition) is 1. The first kappa shape index (κ1) is 18.8. The van der Waals surface area contributed by atoms with E-state index in [0.29, 0.717) is 17.8 Å². The Labute approximate surface area is 164 Å². The van der Waals surface area contributed by atoms with Crippen molar-refractivity contribution in [1.82, 2.24) is 24.8 Å². The molecule has 1 N–H and O–H groups in total. The van der Waals surface area contributed by atoms with Crippen LogP contribution in [-0.2, 0) is 11.2 Å². The van der Waals surface area contributed by atoms with E-state index in [2.05, 4.69) is 9.97 Å². The molecule has 1 saturated carbocycles. The number of carbonyl (C=O) groups excluding carboxylic acids is 1. The number of aryl methyl sites for hydroxylation is 3. The Kier molecular flexibility index (Phi) is 4.77. The van der Waals surface area contributed by atoms with E-state index >= 15 is 0 Å². The normalized spacial score (nSPS) is 19.3. The minimum absolute atomic E-state index is 0.0147.